The van der Waals surface area contributed by atoms with Crippen molar-refractivity contribution in [3.05, 3.63) is 30.1 Å². The Morgan fingerprint density at radius 1 is 1.54 bits per heavy atom. The molecular weight excluding hydrogens is 173 g/mol. The molecule has 0 aliphatic carbocycles. The van der Waals surface area contributed by atoms with Crippen molar-refractivity contribution >= 4 is 5.91 Å². The van der Waals surface area contributed by atoms with Gasteiger partial charge in [0.2, 0.25) is 0 Å². The van der Waals surface area contributed by atoms with Crippen molar-refractivity contribution in [1.29, 1.82) is 0 Å². The van der Waals surface area contributed by atoms with Gasteiger partial charge in [-0.2, -0.15) is 0 Å². The number of carbonyl (C=O) groups is 1. The molecule has 1 aromatic carbocycles. The predicted molar refractivity (Wildman–Crippen MR) is 46.0 cm³/mol. The van der Waals surface area contributed by atoms with Gasteiger partial charge in [0.15, 0.2) is 18.2 Å². The fraction of sp³-hybridized carbons (Fsp3) is 0.222. The molecule has 4 heteroatoms. The maximum Gasteiger partial charge on any atom is 0.257 e. The van der Waals surface area contributed by atoms with Crippen LogP contribution >= 0.6 is 0 Å². The van der Waals surface area contributed by atoms with Crippen molar-refractivity contribution in [2.75, 3.05) is 13.7 Å². The van der Waals surface area contributed by atoms with Crippen LogP contribution in [0.1, 0.15) is 0 Å². The number of rotatable bonds is 3. The van der Waals surface area contributed by atoms with E-state index in [0.29, 0.717) is 0 Å². The largest absolute Gasteiger partial charge is 0.481 e. The molecule has 0 bridgehead atoms. The number of ether oxygens (including phenoxy) is 1. The van der Waals surface area contributed by atoms with Gasteiger partial charge >= 0.3 is 0 Å². The lowest BCUT2D eigenvalue weighted by molar-refractivity contribution is -0.122. The molecule has 0 aromatic heterocycles. The number of benzene rings is 1. The Morgan fingerprint density at radius 2 is 2.23 bits per heavy atom. The van der Waals surface area contributed by atoms with Gasteiger partial charge in [0.05, 0.1) is 0 Å². The molecule has 0 aliphatic rings. The summed E-state index contributed by atoms with van der Waals surface area (Å²) < 4.78 is 17.8. The second-order valence-electron chi connectivity index (χ2n) is 2.39. The zero-order valence-corrected chi connectivity index (χ0v) is 7.21. The Balaban J connectivity index is 2.54. The highest BCUT2D eigenvalue weighted by Crippen LogP contribution is 2.14. The zero-order valence-electron chi connectivity index (χ0n) is 7.21. The van der Waals surface area contributed by atoms with Gasteiger partial charge in [-0.3, -0.25) is 4.79 Å². The molecule has 0 spiro atoms. The minimum Gasteiger partial charge on any atom is -0.481 e. The third kappa shape index (κ3) is 2.74. The number of para-hydroxylation sites is 1. The fourth-order valence-electron chi connectivity index (χ4n) is 0.777. The van der Waals surface area contributed by atoms with E-state index in [9.17, 15) is 9.18 Å². The topological polar surface area (TPSA) is 38.3 Å². The summed E-state index contributed by atoms with van der Waals surface area (Å²) in [5.41, 5.74) is 0. The number of amides is 1. The first kappa shape index (κ1) is 9.51. The Bertz CT molecular complexity index is 301. The van der Waals surface area contributed by atoms with E-state index in [1.165, 1.54) is 19.2 Å². The number of nitrogens with one attached hydrogen (secondary N) is 1. The lowest BCUT2D eigenvalue weighted by atomic mass is 10.3. The van der Waals surface area contributed by atoms with Crippen molar-refractivity contribution in [2.45, 2.75) is 0 Å². The van der Waals surface area contributed by atoms with E-state index in [0.717, 1.165) is 0 Å². The molecule has 0 saturated heterocycles. The van der Waals surface area contributed by atoms with E-state index in [1.807, 2.05) is 0 Å². The van der Waals surface area contributed by atoms with Gasteiger partial charge in [0, 0.05) is 7.05 Å². The molecule has 0 fully saturated rings. The van der Waals surface area contributed by atoms with Gasteiger partial charge in [-0.25, -0.2) is 4.39 Å². The molecule has 0 radical (unpaired) electrons. The molecular formula is C9H10FNO2. The molecule has 0 atom stereocenters. The highest BCUT2D eigenvalue weighted by atomic mass is 19.1. The van der Waals surface area contributed by atoms with Crippen molar-refractivity contribution in [2.24, 2.45) is 0 Å². The average molecular weight is 183 g/mol. The molecule has 1 rings (SSSR count). The van der Waals surface area contributed by atoms with Crippen molar-refractivity contribution in [1.82, 2.24) is 5.32 Å². The minimum absolute atomic E-state index is 0.0890. The molecule has 1 N–H and O–H groups in total. The molecule has 70 valence electrons. The molecule has 3 nitrogen and oxygen atoms in total. The maximum absolute atomic E-state index is 12.9. The number of carbonyl (C=O) groups excluding carboxylic acids is 1. The summed E-state index contributed by atoms with van der Waals surface area (Å²) >= 11 is 0. The van der Waals surface area contributed by atoms with Crippen LogP contribution in [0.3, 0.4) is 0 Å². The van der Waals surface area contributed by atoms with E-state index in [1.54, 1.807) is 12.1 Å². The first-order valence-corrected chi connectivity index (χ1v) is 3.82. The van der Waals surface area contributed by atoms with E-state index >= 15 is 0 Å². The van der Waals surface area contributed by atoms with Crippen molar-refractivity contribution in [3.63, 3.8) is 0 Å². The fourth-order valence-corrected chi connectivity index (χ4v) is 0.777. The predicted octanol–water partition coefficient (Wildman–Crippen LogP) is 0.950. The van der Waals surface area contributed by atoms with E-state index < -0.39 is 5.82 Å². The Hall–Kier alpha value is -1.58. The number of halogens is 1. The summed E-state index contributed by atoms with van der Waals surface area (Å²) in [4.78, 5) is 10.7. The Morgan fingerprint density at radius 3 is 2.85 bits per heavy atom. The SMILES string of the molecule is CNC(=O)COc1ccccc1F. The quantitative estimate of drug-likeness (QED) is 0.757. The summed E-state index contributed by atoms with van der Waals surface area (Å²) in [6, 6.07) is 5.95. The lowest BCUT2D eigenvalue weighted by Crippen LogP contribution is -2.25. The molecule has 1 aromatic rings. The third-order valence-corrected chi connectivity index (χ3v) is 1.47. The highest BCUT2D eigenvalue weighted by Gasteiger charge is 2.03. The van der Waals surface area contributed by atoms with E-state index in [2.05, 4.69) is 5.32 Å². The van der Waals surface area contributed by atoms with E-state index in [4.69, 9.17) is 4.74 Å². The van der Waals surface area contributed by atoms with Crippen LogP contribution in [0, 0.1) is 5.82 Å². The van der Waals surface area contributed by atoms with Crippen LogP contribution in [-0.4, -0.2) is 19.6 Å². The first-order chi connectivity index (χ1) is 6.24. The molecule has 0 unspecified atom stereocenters. The van der Waals surface area contributed by atoms with Crippen LogP contribution < -0.4 is 10.1 Å². The van der Waals surface area contributed by atoms with Gasteiger partial charge in [-0.15, -0.1) is 0 Å². The summed E-state index contributed by atoms with van der Waals surface area (Å²) in [5, 5.41) is 2.37. The molecule has 0 saturated carbocycles. The molecule has 0 heterocycles. The number of likely N-dealkylation sites (N-methyl/N-ethyl adjacent to an activating group) is 1. The van der Waals surface area contributed by atoms with Crippen LogP contribution in [-0.2, 0) is 4.79 Å². The molecule has 13 heavy (non-hydrogen) atoms. The van der Waals surface area contributed by atoms with Gasteiger partial charge in [0.1, 0.15) is 0 Å². The van der Waals surface area contributed by atoms with Crippen LogP contribution in [0.4, 0.5) is 4.39 Å². The standard InChI is InChI=1S/C9H10FNO2/c1-11-9(12)6-13-8-5-3-2-4-7(8)10/h2-5H,6H2,1H3,(H,11,12). The zero-order chi connectivity index (χ0) is 9.68. The Labute approximate surface area is 75.5 Å². The minimum atomic E-state index is -0.466. The highest BCUT2D eigenvalue weighted by molar-refractivity contribution is 5.77. The second-order valence-corrected chi connectivity index (χ2v) is 2.39. The van der Waals surface area contributed by atoms with Crippen LogP contribution in [0.2, 0.25) is 0 Å². The summed E-state index contributed by atoms with van der Waals surface area (Å²) in [7, 11) is 1.49. The maximum atomic E-state index is 12.9. The summed E-state index contributed by atoms with van der Waals surface area (Å²) in [6.07, 6.45) is 0. The summed E-state index contributed by atoms with van der Waals surface area (Å²) in [5.74, 6) is -0.666. The monoisotopic (exact) mass is 183 g/mol. The van der Waals surface area contributed by atoms with Crippen molar-refractivity contribution in [3.8, 4) is 5.75 Å². The summed E-state index contributed by atoms with van der Waals surface area (Å²) in [6.45, 7) is -0.169. The number of hydrogen-bond donors (Lipinski definition) is 1. The third-order valence-electron chi connectivity index (χ3n) is 1.47. The van der Waals surface area contributed by atoms with E-state index in [-0.39, 0.29) is 18.3 Å². The van der Waals surface area contributed by atoms with Gasteiger partial charge < -0.3 is 10.1 Å². The molecule has 1 amide bonds. The van der Waals surface area contributed by atoms with Gasteiger partial charge in [0.25, 0.3) is 5.91 Å². The van der Waals surface area contributed by atoms with Gasteiger partial charge in [-0.1, -0.05) is 12.1 Å². The van der Waals surface area contributed by atoms with Crippen molar-refractivity contribution < 1.29 is 13.9 Å². The van der Waals surface area contributed by atoms with Crippen LogP contribution in [0.25, 0.3) is 0 Å². The van der Waals surface area contributed by atoms with Gasteiger partial charge in [-0.05, 0) is 12.1 Å². The normalized spacial score (nSPS) is 9.38. The first-order valence-electron chi connectivity index (χ1n) is 3.82. The second kappa shape index (κ2) is 4.45. The lowest BCUT2D eigenvalue weighted by Gasteiger charge is -2.04. The molecule has 0 aliphatic heterocycles. The Kier molecular flexibility index (Phi) is 3.25. The smallest absolute Gasteiger partial charge is 0.257 e. The van der Waals surface area contributed by atoms with Crippen LogP contribution in [0.5, 0.6) is 5.75 Å². The van der Waals surface area contributed by atoms with Crippen LogP contribution in [0.15, 0.2) is 24.3 Å². The average Bonchev–Trinajstić information content (AvgIpc) is 2.16. The number of hydrogen-bond acceptors (Lipinski definition) is 2.